The molecule has 0 unspecified atom stereocenters. The zero-order valence-electron chi connectivity index (χ0n) is 13.2. The number of anilines is 1. The van der Waals surface area contributed by atoms with Crippen LogP contribution in [0, 0.1) is 6.92 Å². The van der Waals surface area contributed by atoms with Crippen molar-refractivity contribution in [2.75, 3.05) is 11.6 Å². The molecular formula is C18H16BrNO2S2. The van der Waals surface area contributed by atoms with Crippen LogP contribution in [0.15, 0.2) is 53.0 Å². The second-order valence-corrected chi connectivity index (χ2v) is 7.47. The first-order chi connectivity index (χ1) is 11.4. The third kappa shape index (κ3) is 4.93. The van der Waals surface area contributed by atoms with E-state index in [2.05, 4.69) is 21.2 Å². The summed E-state index contributed by atoms with van der Waals surface area (Å²) in [5, 5.41) is 13.2. The summed E-state index contributed by atoms with van der Waals surface area (Å²) in [4.78, 5) is 12.6. The van der Waals surface area contributed by atoms with Crippen molar-refractivity contribution in [1.29, 1.82) is 0 Å². The summed E-state index contributed by atoms with van der Waals surface area (Å²) < 4.78 is 1.34. The first kappa shape index (κ1) is 18.7. The number of aryl methyl sites for hydroxylation is 1. The molecular weight excluding hydrogens is 406 g/mol. The van der Waals surface area contributed by atoms with Crippen molar-refractivity contribution in [1.82, 2.24) is 0 Å². The lowest BCUT2D eigenvalue weighted by molar-refractivity contribution is 0.104. The lowest BCUT2D eigenvalue weighted by Crippen LogP contribution is -2.09. The van der Waals surface area contributed by atoms with Crippen LogP contribution in [0.3, 0.4) is 0 Å². The highest BCUT2D eigenvalue weighted by molar-refractivity contribution is 9.10. The molecule has 0 fully saturated rings. The zero-order chi connectivity index (χ0) is 17.7. The Hall–Kier alpha value is -1.63. The molecule has 24 heavy (non-hydrogen) atoms. The van der Waals surface area contributed by atoms with Gasteiger partial charge >= 0.3 is 0 Å². The summed E-state index contributed by atoms with van der Waals surface area (Å²) >= 11 is 9.91. The number of thiocarbonyl (C=S) groups is 1. The third-order valence-corrected chi connectivity index (χ3v) is 4.85. The predicted molar refractivity (Wildman–Crippen MR) is 110 cm³/mol. The number of aliphatic hydroxyl groups is 1. The van der Waals surface area contributed by atoms with E-state index >= 15 is 0 Å². The monoisotopic (exact) mass is 421 g/mol. The van der Waals surface area contributed by atoms with Crippen molar-refractivity contribution in [2.45, 2.75) is 6.92 Å². The predicted octanol–water partition coefficient (Wildman–Crippen LogP) is 5.60. The molecule has 0 amide bonds. The fourth-order valence-corrected chi connectivity index (χ4v) is 2.68. The number of halogens is 1. The molecule has 2 rings (SSSR count). The maximum atomic E-state index is 12.6. The highest BCUT2D eigenvalue weighted by Gasteiger charge is 2.13. The molecule has 0 heterocycles. The molecule has 3 nitrogen and oxygen atoms in total. The van der Waals surface area contributed by atoms with Crippen molar-refractivity contribution >= 4 is 61.5 Å². The summed E-state index contributed by atoms with van der Waals surface area (Å²) in [5.74, 6) is -0.376. The van der Waals surface area contributed by atoms with E-state index in [1.54, 1.807) is 24.3 Å². The Morgan fingerprint density at radius 3 is 2.54 bits per heavy atom. The Labute approximate surface area is 159 Å². The largest absolute Gasteiger partial charge is 0.507 e. The summed E-state index contributed by atoms with van der Waals surface area (Å²) in [6, 6.07) is 12.6. The van der Waals surface area contributed by atoms with Crippen LogP contribution in [0.2, 0.25) is 0 Å². The molecule has 0 bridgehead atoms. The smallest absolute Gasteiger partial charge is 0.191 e. The molecule has 2 N–H and O–H groups in total. The Bertz CT molecular complexity index is 801. The lowest BCUT2D eigenvalue weighted by Gasteiger charge is -2.10. The molecule has 0 aromatic heterocycles. The highest BCUT2D eigenvalue weighted by Crippen LogP contribution is 2.24. The second kappa shape index (κ2) is 8.46. The van der Waals surface area contributed by atoms with Gasteiger partial charge in [-0.2, -0.15) is 0 Å². The van der Waals surface area contributed by atoms with Gasteiger partial charge in [0.2, 0.25) is 0 Å². The quantitative estimate of drug-likeness (QED) is 0.291. The number of allylic oxidation sites excluding steroid dienone is 1. The Kier molecular flexibility index (Phi) is 6.60. The molecule has 0 atom stereocenters. The van der Waals surface area contributed by atoms with E-state index in [1.165, 1.54) is 17.8 Å². The van der Waals surface area contributed by atoms with Crippen molar-refractivity contribution < 1.29 is 9.90 Å². The van der Waals surface area contributed by atoms with Crippen LogP contribution < -0.4 is 5.32 Å². The van der Waals surface area contributed by atoms with Gasteiger partial charge in [-0.15, -0.1) is 11.8 Å². The second-order valence-electron chi connectivity index (χ2n) is 5.07. The number of aliphatic hydroxyl groups excluding tert-OH is 1. The van der Waals surface area contributed by atoms with Gasteiger partial charge in [-0.1, -0.05) is 58.0 Å². The summed E-state index contributed by atoms with van der Waals surface area (Å²) in [6.45, 7) is 1.96. The molecule has 0 aliphatic carbocycles. The Morgan fingerprint density at radius 2 is 1.92 bits per heavy atom. The average Bonchev–Trinajstić information content (AvgIpc) is 2.56. The fourth-order valence-electron chi connectivity index (χ4n) is 2.00. The van der Waals surface area contributed by atoms with Crippen molar-refractivity contribution in [3.05, 3.63) is 69.7 Å². The number of ketones is 1. The van der Waals surface area contributed by atoms with Crippen LogP contribution in [-0.2, 0) is 0 Å². The van der Waals surface area contributed by atoms with Gasteiger partial charge in [-0.25, -0.2) is 0 Å². The van der Waals surface area contributed by atoms with E-state index in [-0.39, 0.29) is 11.5 Å². The van der Waals surface area contributed by atoms with Gasteiger partial charge in [0.15, 0.2) is 5.78 Å². The van der Waals surface area contributed by atoms with Crippen LogP contribution in [-0.4, -0.2) is 21.5 Å². The number of nitrogens with one attached hydrogen (secondary N) is 1. The summed E-state index contributed by atoms with van der Waals surface area (Å²) in [7, 11) is 0. The van der Waals surface area contributed by atoms with Gasteiger partial charge in [0.1, 0.15) is 10.1 Å². The summed E-state index contributed by atoms with van der Waals surface area (Å²) in [6.07, 6.45) is 3.08. The van der Waals surface area contributed by atoms with E-state index in [9.17, 15) is 9.90 Å². The minimum atomic E-state index is -0.305. The molecule has 0 radical (unpaired) electrons. The molecule has 0 spiro atoms. The highest BCUT2D eigenvalue weighted by atomic mass is 79.9. The van der Waals surface area contributed by atoms with Crippen LogP contribution in [0.25, 0.3) is 5.76 Å². The lowest BCUT2D eigenvalue weighted by atomic mass is 10.1. The minimum Gasteiger partial charge on any atom is -0.507 e. The number of carbonyl (C=O) groups excluding carboxylic acids is 1. The average molecular weight is 422 g/mol. The van der Waals surface area contributed by atoms with E-state index in [4.69, 9.17) is 12.2 Å². The number of carbonyl (C=O) groups is 1. The molecule has 124 valence electrons. The molecule has 0 aliphatic heterocycles. The van der Waals surface area contributed by atoms with Gasteiger partial charge in [0, 0.05) is 21.7 Å². The summed E-state index contributed by atoms with van der Waals surface area (Å²) in [5.41, 5.74) is 2.72. The van der Waals surface area contributed by atoms with Crippen molar-refractivity contribution in [3.8, 4) is 0 Å². The first-order valence-corrected chi connectivity index (χ1v) is 9.50. The fraction of sp³-hybridized carbons (Fsp3) is 0.111. The molecule has 0 aliphatic rings. The van der Waals surface area contributed by atoms with Crippen molar-refractivity contribution in [2.24, 2.45) is 0 Å². The van der Waals surface area contributed by atoms with Crippen LogP contribution in [0.5, 0.6) is 0 Å². The topological polar surface area (TPSA) is 49.3 Å². The van der Waals surface area contributed by atoms with E-state index in [0.717, 1.165) is 10.0 Å². The number of hydrogen-bond donors (Lipinski definition) is 2. The molecule has 6 heteroatoms. The van der Waals surface area contributed by atoms with Crippen molar-refractivity contribution in [3.63, 3.8) is 0 Å². The molecule has 0 saturated heterocycles. The van der Waals surface area contributed by atoms with E-state index in [0.29, 0.717) is 21.1 Å². The first-order valence-electron chi connectivity index (χ1n) is 7.07. The standard InChI is InChI=1S/C18H16BrNO2S2/c1-11-3-5-12(6-4-11)16(21)10-17(22)14-9-13(19)7-8-15(14)20-18(23)24-2/h3-10,21H,1-2H3,(H,20,23)/b16-10-. The van der Waals surface area contributed by atoms with E-state index < -0.39 is 0 Å². The van der Waals surface area contributed by atoms with Gasteiger partial charge in [0.25, 0.3) is 0 Å². The van der Waals surface area contributed by atoms with Crippen LogP contribution >= 0.6 is 39.9 Å². The minimum absolute atomic E-state index is 0.0710. The van der Waals surface area contributed by atoms with Crippen LogP contribution in [0.4, 0.5) is 5.69 Å². The van der Waals surface area contributed by atoms with Gasteiger partial charge < -0.3 is 10.4 Å². The number of benzene rings is 2. The normalized spacial score (nSPS) is 11.2. The SMILES string of the molecule is CSC(=S)Nc1ccc(Br)cc1C(=O)/C=C(\O)c1ccc(C)cc1. The van der Waals surface area contributed by atoms with Crippen LogP contribution in [0.1, 0.15) is 21.5 Å². The number of thioether (sulfide) groups is 1. The number of rotatable bonds is 4. The van der Waals surface area contributed by atoms with Gasteiger partial charge in [0.05, 0.1) is 5.69 Å². The number of hydrogen-bond acceptors (Lipinski definition) is 4. The molecule has 2 aromatic carbocycles. The maximum Gasteiger partial charge on any atom is 0.191 e. The Balaban J connectivity index is 2.34. The Morgan fingerprint density at radius 1 is 1.25 bits per heavy atom. The van der Waals surface area contributed by atoms with Gasteiger partial charge in [-0.05, 0) is 31.4 Å². The van der Waals surface area contributed by atoms with E-state index in [1.807, 2.05) is 31.4 Å². The van der Waals surface area contributed by atoms with Gasteiger partial charge in [-0.3, -0.25) is 4.79 Å². The third-order valence-electron chi connectivity index (χ3n) is 3.28. The zero-order valence-corrected chi connectivity index (χ0v) is 16.4. The molecule has 0 saturated carbocycles. The molecule has 2 aromatic rings. The maximum absolute atomic E-state index is 12.6.